The van der Waals surface area contributed by atoms with Gasteiger partial charge in [-0.3, -0.25) is 0 Å². The van der Waals surface area contributed by atoms with Crippen LogP contribution in [0, 0.1) is 0 Å². The molecule has 0 saturated carbocycles. The van der Waals surface area contributed by atoms with Gasteiger partial charge in [0.15, 0.2) is 5.82 Å². The third-order valence-electron chi connectivity index (χ3n) is 8.49. The molecule has 1 aromatic heterocycles. The zero-order chi connectivity index (χ0) is 38.0. The van der Waals surface area contributed by atoms with Gasteiger partial charge in [0.05, 0.1) is 23.8 Å². The van der Waals surface area contributed by atoms with Gasteiger partial charge in [-0.1, -0.05) is 30.3 Å². The van der Waals surface area contributed by atoms with E-state index >= 15 is 0 Å². The molecule has 3 N–H and O–H groups in total. The van der Waals surface area contributed by atoms with Crippen LogP contribution in [0.4, 0.5) is 43.5 Å². The summed E-state index contributed by atoms with van der Waals surface area (Å²) in [4.78, 5) is 16.7. The van der Waals surface area contributed by atoms with E-state index in [1.165, 1.54) is 13.2 Å². The molecule has 0 aliphatic heterocycles. The molecule has 4 aromatic carbocycles. The van der Waals surface area contributed by atoms with Crippen molar-refractivity contribution in [2.75, 3.05) is 59.4 Å². The van der Waals surface area contributed by atoms with Crippen molar-refractivity contribution in [3.8, 4) is 22.4 Å². The highest BCUT2D eigenvalue weighted by Gasteiger charge is 2.33. The molecule has 0 aliphatic rings. The van der Waals surface area contributed by atoms with Gasteiger partial charge in [-0.2, -0.15) is 26.3 Å². The first-order valence-corrected chi connectivity index (χ1v) is 16.2. The SMILES string of the molecule is COC(=O)c1ccc(-c2nnc(Nc3cc(CCN(C)C)cc(C(F)(F)F)c3)c3ccccc23)cc1-c1c(N)cc(C(F)(F)F)cc1CCN(C)C.Cl. The third kappa shape index (κ3) is 9.55. The lowest BCUT2D eigenvalue weighted by Crippen LogP contribution is -2.17. The number of nitrogen functional groups attached to an aromatic ring is 1. The molecule has 0 spiro atoms. The number of nitrogens with one attached hydrogen (secondary N) is 1. The topological polar surface area (TPSA) is 96.6 Å². The number of halogens is 7. The first-order valence-electron chi connectivity index (χ1n) is 16.2. The number of hydrogen-bond donors (Lipinski definition) is 2. The van der Waals surface area contributed by atoms with Gasteiger partial charge in [-0.25, -0.2) is 4.79 Å². The smallest absolute Gasteiger partial charge is 0.416 e. The maximum atomic E-state index is 13.9. The minimum Gasteiger partial charge on any atom is -0.465 e. The summed E-state index contributed by atoms with van der Waals surface area (Å²) >= 11 is 0. The molecular formula is C38H39ClF6N6O2. The lowest BCUT2D eigenvalue weighted by atomic mass is 9.88. The van der Waals surface area contributed by atoms with Gasteiger partial charge in [-0.05, 0) is 100 Å². The molecule has 0 atom stereocenters. The van der Waals surface area contributed by atoms with Crippen LogP contribution < -0.4 is 11.1 Å². The zero-order valence-corrected chi connectivity index (χ0v) is 30.4. The fraction of sp³-hybridized carbons (Fsp3) is 0.289. The fourth-order valence-corrected chi connectivity index (χ4v) is 5.92. The Morgan fingerprint density at radius 1 is 0.792 bits per heavy atom. The van der Waals surface area contributed by atoms with Crippen molar-refractivity contribution in [2.45, 2.75) is 25.2 Å². The second-order valence-electron chi connectivity index (χ2n) is 12.9. The number of hydrogen-bond acceptors (Lipinski definition) is 8. The largest absolute Gasteiger partial charge is 0.465 e. The molecule has 0 fully saturated rings. The number of ether oxygens (including phenoxy) is 1. The standard InChI is InChI=1S/C38H38F6N6O2.ClH/c1-49(2)14-12-22-16-25(37(39,40)41)20-27(17-22)46-35-29-9-7-6-8-28(29)34(47-48-35)24-10-11-30(36(51)52-5)31(19-24)33-23(13-15-50(3)4)18-26(21-32(33)45)38(42,43)44;/h6-11,16-21H,12-15,45H2,1-5H3,(H,46,48);1H. The number of carbonyl (C=O) groups excluding carboxylic acids is 1. The molecule has 0 amide bonds. The number of nitrogens with two attached hydrogens (primary N) is 1. The number of anilines is 3. The number of esters is 1. The minimum absolute atomic E-state index is 0. The highest BCUT2D eigenvalue weighted by atomic mass is 35.5. The highest BCUT2D eigenvalue weighted by molar-refractivity contribution is 6.04. The van der Waals surface area contributed by atoms with Crippen LogP contribution in [0.2, 0.25) is 0 Å². The summed E-state index contributed by atoms with van der Waals surface area (Å²) in [5.41, 5.74) is 6.81. The van der Waals surface area contributed by atoms with E-state index in [1.807, 2.05) is 23.9 Å². The van der Waals surface area contributed by atoms with E-state index in [0.717, 1.165) is 24.3 Å². The van der Waals surface area contributed by atoms with E-state index in [1.54, 1.807) is 56.6 Å². The Labute approximate surface area is 309 Å². The molecular weight excluding hydrogens is 722 g/mol. The predicted octanol–water partition coefficient (Wildman–Crippen LogP) is 8.74. The normalized spacial score (nSPS) is 11.9. The second kappa shape index (κ2) is 16.4. The summed E-state index contributed by atoms with van der Waals surface area (Å²) in [5, 5.41) is 13.0. The van der Waals surface area contributed by atoms with E-state index in [9.17, 15) is 31.1 Å². The number of methoxy groups -OCH3 is 1. The number of benzene rings is 4. The summed E-state index contributed by atoms with van der Waals surface area (Å²) < 4.78 is 88.3. The molecule has 5 aromatic rings. The third-order valence-corrected chi connectivity index (χ3v) is 8.49. The molecule has 8 nitrogen and oxygen atoms in total. The average molecular weight is 761 g/mol. The summed E-state index contributed by atoms with van der Waals surface area (Å²) in [7, 11) is 8.45. The first-order chi connectivity index (χ1) is 24.5. The lowest BCUT2D eigenvalue weighted by Gasteiger charge is -2.20. The Hall–Kier alpha value is -4.92. The number of aromatic nitrogens is 2. The first kappa shape index (κ1) is 40.8. The summed E-state index contributed by atoms with van der Waals surface area (Å²) in [6, 6.07) is 17.4. The van der Waals surface area contributed by atoms with Gasteiger partial charge in [0.2, 0.25) is 0 Å². The Morgan fingerprint density at radius 2 is 1.42 bits per heavy atom. The minimum atomic E-state index is -4.65. The summed E-state index contributed by atoms with van der Waals surface area (Å²) in [6.07, 6.45) is -8.64. The number of rotatable bonds is 11. The van der Waals surface area contributed by atoms with Crippen LogP contribution in [-0.4, -0.2) is 74.4 Å². The molecule has 0 aliphatic carbocycles. The van der Waals surface area contributed by atoms with Crippen LogP contribution in [0.5, 0.6) is 0 Å². The quantitative estimate of drug-likeness (QED) is 0.0785. The molecule has 5 rings (SSSR count). The maximum Gasteiger partial charge on any atom is 0.416 e. The van der Waals surface area contributed by atoms with Gasteiger partial charge in [0.25, 0.3) is 0 Å². The van der Waals surface area contributed by atoms with Crippen molar-refractivity contribution in [3.63, 3.8) is 0 Å². The number of likely N-dealkylation sites (N-methyl/N-ethyl adjacent to an activating group) is 2. The number of carbonyl (C=O) groups is 1. The number of nitrogens with zero attached hydrogens (tertiary/aromatic N) is 4. The monoisotopic (exact) mass is 760 g/mol. The van der Waals surface area contributed by atoms with Gasteiger partial charge in [0, 0.05) is 46.4 Å². The number of fused-ring (bicyclic) bond motifs is 1. The van der Waals surface area contributed by atoms with Gasteiger partial charge in [-0.15, -0.1) is 22.6 Å². The van der Waals surface area contributed by atoms with E-state index in [2.05, 4.69) is 15.5 Å². The van der Waals surface area contributed by atoms with E-state index in [-0.39, 0.29) is 58.3 Å². The van der Waals surface area contributed by atoms with Crippen LogP contribution in [0.1, 0.15) is 32.6 Å². The van der Waals surface area contributed by atoms with E-state index in [0.29, 0.717) is 47.1 Å². The second-order valence-corrected chi connectivity index (χ2v) is 12.9. The van der Waals surface area contributed by atoms with Crippen LogP contribution in [0.15, 0.2) is 72.8 Å². The number of alkyl halides is 6. The highest BCUT2D eigenvalue weighted by Crippen LogP contribution is 2.42. The fourth-order valence-electron chi connectivity index (χ4n) is 5.92. The predicted molar refractivity (Wildman–Crippen MR) is 198 cm³/mol. The van der Waals surface area contributed by atoms with Crippen LogP contribution >= 0.6 is 12.4 Å². The molecule has 1 heterocycles. The molecule has 0 radical (unpaired) electrons. The van der Waals surface area contributed by atoms with Gasteiger partial charge < -0.3 is 25.6 Å². The van der Waals surface area contributed by atoms with Crippen molar-refractivity contribution in [2.24, 2.45) is 0 Å². The van der Waals surface area contributed by atoms with Crippen molar-refractivity contribution in [1.82, 2.24) is 20.0 Å². The molecule has 0 saturated heterocycles. The van der Waals surface area contributed by atoms with Gasteiger partial charge in [0.1, 0.15) is 5.69 Å². The van der Waals surface area contributed by atoms with Crippen LogP contribution in [0.25, 0.3) is 33.2 Å². The summed E-state index contributed by atoms with van der Waals surface area (Å²) in [6.45, 7) is 0.943. The van der Waals surface area contributed by atoms with Crippen molar-refractivity contribution in [3.05, 3.63) is 101 Å². The van der Waals surface area contributed by atoms with Gasteiger partial charge >= 0.3 is 18.3 Å². The van der Waals surface area contributed by atoms with Crippen LogP contribution in [-0.2, 0) is 29.9 Å². The molecule has 282 valence electrons. The molecule has 0 unspecified atom stereocenters. The zero-order valence-electron chi connectivity index (χ0n) is 29.6. The molecule has 53 heavy (non-hydrogen) atoms. The van der Waals surface area contributed by atoms with E-state index in [4.69, 9.17) is 10.5 Å². The Balaban J connectivity index is 0.00000627. The Kier molecular flexibility index (Phi) is 12.6. The van der Waals surface area contributed by atoms with E-state index < -0.39 is 29.4 Å². The average Bonchev–Trinajstić information content (AvgIpc) is 3.08. The van der Waals surface area contributed by atoms with Crippen LogP contribution in [0.3, 0.4) is 0 Å². The lowest BCUT2D eigenvalue weighted by molar-refractivity contribution is -0.138. The molecule has 0 bridgehead atoms. The van der Waals surface area contributed by atoms with Crippen molar-refractivity contribution < 1.29 is 35.9 Å². The maximum absolute atomic E-state index is 13.9. The van der Waals surface area contributed by atoms with Crippen molar-refractivity contribution >= 4 is 46.3 Å². The molecule has 15 heteroatoms. The van der Waals surface area contributed by atoms with Crippen molar-refractivity contribution in [1.29, 1.82) is 0 Å². The Morgan fingerprint density at radius 3 is 2.04 bits per heavy atom. The summed E-state index contributed by atoms with van der Waals surface area (Å²) in [5.74, 6) is -0.512. The Bertz CT molecular complexity index is 2100.